The Bertz CT molecular complexity index is 721. The lowest BCUT2D eigenvalue weighted by atomic mass is 10.1. The maximum atomic E-state index is 12.2. The number of β-amino-alcohol motifs (C(OH)–C–C–N with tert-alkyl or cyclic N) is 1. The Kier molecular flexibility index (Phi) is 5.53. The Morgan fingerprint density at radius 2 is 1.92 bits per heavy atom. The number of hydrogen-bond acceptors (Lipinski definition) is 4. The van der Waals surface area contributed by atoms with Crippen molar-refractivity contribution < 1.29 is 14.6 Å². The second-order valence-electron chi connectivity index (χ2n) is 6.72. The number of carbonyl (C=O) groups is 1. The zero-order valence-corrected chi connectivity index (χ0v) is 14.5. The van der Waals surface area contributed by atoms with Crippen LogP contribution in [0.1, 0.15) is 6.92 Å². The van der Waals surface area contributed by atoms with Crippen molar-refractivity contribution in [2.75, 3.05) is 44.7 Å². The SMILES string of the molecule is C[C@](O)(CNC(=O)Nc1cccc2ccccc12)CN1CCOCC1. The third-order valence-corrected chi connectivity index (χ3v) is 4.34. The fraction of sp³-hybridized carbons (Fsp3) is 0.421. The van der Waals surface area contributed by atoms with E-state index < -0.39 is 5.60 Å². The molecule has 0 bridgehead atoms. The van der Waals surface area contributed by atoms with Crippen molar-refractivity contribution >= 4 is 22.5 Å². The molecular weight excluding hydrogens is 318 g/mol. The molecular formula is C19H25N3O3. The highest BCUT2D eigenvalue weighted by atomic mass is 16.5. The first-order chi connectivity index (χ1) is 12.0. The molecule has 2 aromatic carbocycles. The summed E-state index contributed by atoms with van der Waals surface area (Å²) in [5, 5.41) is 18.2. The van der Waals surface area contributed by atoms with Crippen LogP contribution in [0.2, 0.25) is 0 Å². The summed E-state index contributed by atoms with van der Waals surface area (Å²) in [6.07, 6.45) is 0. The van der Waals surface area contributed by atoms with Gasteiger partial charge in [0.1, 0.15) is 0 Å². The zero-order valence-electron chi connectivity index (χ0n) is 14.5. The number of benzene rings is 2. The standard InChI is InChI=1S/C19H25N3O3/c1-19(24,14-22-9-11-25-12-10-22)13-20-18(23)21-17-8-4-6-15-5-2-3-7-16(15)17/h2-8,24H,9-14H2,1H3,(H2,20,21,23)/t19-/m0/s1. The van der Waals surface area contributed by atoms with Crippen LogP contribution in [0.15, 0.2) is 42.5 Å². The number of carbonyl (C=O) groups excluding carboxylic acids is 1. The molecule has 1 fully saturated rings. The summed E-state index contributed by atoms with van der Waals surface area (Å²) in [6.45, 7) is 5.40. The van der Waals surface area contributed by atoms with Gasteiger partial charge in [0.2, 0.25) is 0 Å². The van der Waals surface area contributed by atoms with Gasteiger partial charge in [-0.25, -0.2) is 4.79 Å². The number of nitrogens with zero attached hydrogens (tertiary/aromatic N) is 1. The number of rotatable bonds is 5. The van der Waals surface area contributed by atoms with E-state index in [0.717, 1.165) is 29.5 Å². The number of nitrogens with one attached hydrogen (secondary N) is 2. The van der Waals surface area contributed by atoms with E-state index in [2.05, 4.69) is 15.5 Å². The molecule has 2 amide bonds. The smallest absolute Gasteiger partial charge is 0.319 e. The Hall–Kier alpha value is -2.15. The topological polar surface area (TPSA) is 73.8 Å². The van der Waals surface area contributed by atoms with Gasteiger partial charge in [-0.1, -0.05) is 36.4 Å². The molecule has 0 unspecified atom stereocenters. The maximum absolute atomic E-state index is 12.2. The van der Waals surface area contributed by atoms with E-state index in [1.54, 1.807) is 6.92 Å². The molecule has 3 N–H and O–H groups in total. The Labute approximate surface area is 147 Å². The van der Waals surface area contributed by atoms with Crippen molar-refractivity contribution in [3.05, 3.63) is 42.5 Å². The number of fused-ring (bicyclic) bond motifs is 1. The minimum atomic E-state index is -0.993. The van der Waals surface area contributed by atoms with E-state index in [4.69, 9.17) is 4.74 Å². The predicted octanol–water partition coefficient (Wildman–Crippen LogP) is 2.04. The molecule has 1 aliphatic rings. The molecule has 0 saturated carbocycles. The van der Waals surface area contributed by atoms with Crippen LogP contribution in [0.5, 0.6) is 0 Å². The first-order valence-corrected chi connectivity index (χ1v) is 8.59. The molecule has 6 heteroatoms. The molecule has 25 heavy (non-hydrogen) atoms. The Morgan fingerprint density at radius 3 is 2.72 bits per heavy atom. The van der Waals surface area contributed by atoms with Crippen LogP contribution < -0.4 is 10.6 Å². The number of urea groups is 1. The van der Waals surface area contributed by atoms with Gasteiger partial charge < -0.3 is 20.5 Å². The number of amides is 2. The molecule has 134 valence electrons. The molecule has 3 rings (SSSR count). The summed E-state index contributed by atoms with van der Waals surface area (Å²) in [6, 6.07) is 13.4. The molecule has 1 aliphatic heterocycles. The maximum Gasteiger partial charge on any atom is 0.319 e. The van der Waals surface area contributed by atoms with E-state index in [1.165, 1.54) is 0 Å². The number of hydrogen-bond donors (Lipinski definition) is 3. The molecule has 0 spiro atoms. The molecule has 1 atom stereocenters. The van der Waals surface area contributed by atoms with Crippen molar-refractivity contribution in [3.63, 3.8) is 0 Å². The molecule has 0 radical (unpaired) electrons. The van der Waals surface area contributed by atoms with Crippen LogP contribution in [0, 0.1) is 0 Å². The minimum Gasteiger partial charge on any atom is -0.387 e. The van der Waals surface area contributed by atoms with Crippen molar-refractivity contribution in [2.45, 2.75) is 12.5 Å². The lowest BCUT2D eigenvalue weighted by Gasteiger charge is -2.33. The predicted molar refractivity (Wildman–Crippen MR) is 98.9 cm³/mol. The van der Waals surface area contributed by atoms with Crippen LogP contribution in [0.25, 0.3) is 10.8 Å². The van der Waals surface area contributed by atoms with Crippen molar-refractivity contribution in [3.8, 4) is 0 Å². The second-order valence-corrected chi connectivity index (χ2v) is 6.72. The highest BCUT2D eigenvalue weighted by Crippen LogP contribution is 2.22. The van der Waals surface area contributed by atoms with Gasteiger partial charge in [0.05, 0.1) is 24.5 Å². The summed E-state index contributed by atoms with van der Waals surface area (Å²) in [4.78, 5) is 14.4. The highest BCUT2D eigenvalue weighted by molar-refractivity contribution is 6.01. The molecule has 0 aliphatic carbocycles. The van der Waals surface area contributed by atoms with Crippen molar-refractivity contribution in [2.24, 2.45) is 0 Å². The third kappa shape index (κ3) is 4.92. The zero-order chi connectivity index (χ0) is 17.7. The quantitative estimate of drug-likeness (QED) is 0.777. The average molecular weight is 343 g/mol. The first kappa shape index (κ1) is 17.7. The van der Waals surface area contributed by atoms with Gasteiger partial charge in [0, 0.05) is 31.6 Å². The highest BCUT2D eigenvalue weighted by Gasteiger charge is 2.25. The number of aliphatic hydroxyl groups is 1. The molecule has 2 aromatic rings. The summed E-state index contributed by atoms with van der Waals surface area (Å²) in [5.74, 6) is 0. The second kappa shape index (κ2) is 7.82. The molecule has 1 heterocycles. The van der Waals surface area contributed by atoms with E-state index in [0.29, 0.717) is 19.8 Å². The van der Waals surface area contributed by atoms with Gasteiger partial charge in [-0.15, -0.1) is 0 Å². The van der Waals surface area contributed by atoms with Gasteiger partial charge in [0.25, 0.3) is 0 Å². The molecule has 1 saturated heterocycles. The molecule has 6 nitrogen and oxygen atoms in total. The van der Waals surface area contributed by atoms with E-state index in [1.807, 2.05) is 42.5 Å². The Morgan fingerprint density at radius 1 is 1.20 bits per heavy atom. The van der Waals surface area contributed by atoms with Crippen LogP contribution in [0.3, 0.4) is 0 Å². The summed E-state index contributed by atoms with van der Waals surface area (Å²) in [5.41, 5.74) is -0.239. The number of morpholine rings is 1. The molecule has 0 aromatic heterocycles. The van der Waals surface area contributed by atoms with Gasteiger partial charge in [-0.05, 0) is 18.4 Å². The first-order valence-electron chi connectivity index (χ1n) is 8.59. The van der Waals surface area contributed by atoms with Gasteiger partial charge >= 0.3 is 6.03 Å². The van der Waals surface area contributed by atoms with Crippen LogP contribution >= 0.6 is 0 Å². The van der Waals surface area contributed by atoms with Gasteiger partial charge in [0.15, 0.2) is 0 Å². The average Bonchev–Trinajstić information content (AvgIpc) is 2.61. The van der Waals surface area contributed by atoms with Crippen molar-refractivity contribution in [1.82, 2.24) is 10.2 Å². The normalized spacial score (nSPS) is 17.8. The van der Waals surface area contributed by atoms with Crippen LogP contribution in [-0.2, 0) is 4.74 Å². The summed E-state index contributed by atoms with van der Waals surface area (Å²) < 4.78 is 5.31. The fourth-order valence-electron chi connectivity index (χ4n) is 3.07. The van der Waals surface area contributed by atoms with E-state index in [9.17, 15) is 9.90 Å². The minimum absolute atomic E-state index is 0.182. The van der Waals surface area contributed by atoms with Gasteiger partial charge in [-0.2, -0.15) is 0 Å². The number of ether oxygens (including phenoxy) is 1. The van der Waals surface area contributed by atoms with E-state index >= 15 is 0 Å². The van der Waals surface area contributed by atoms with Crippen molar-refractivity contribution in [1.29, 1.82) is 0 Å². The Balaban J connectivity index is 1.55. The lowest BCUT2D eigenvalue weighted by molar-refractivity contribution is -0.0205. The van der Waals surface area contributed by atoms with E-state index in [-0.39, 0.29) is 12.6 Å². The monoisotopic (exact) mass is 343 g/mol. The van der Waals surface area contributed by atoms with Crippen LogP contribution in [0.4, 0.5) is 10.5 Å². The number of anilines is 1. The lowest BCUT2D eigenvalue weighted by Crippen LogP contribution is -2.51. The fourth-order valence-corrected chi connectivity index (χ4v) is 3.07. The largest absolute Gasteiger partial charge is 0.387 e. The van der Waals surface area contributed by atoms with Crippen LogP contribution in [-0.4, -0.2) is 61.0 Å². The van der Waals surface area contributed by atoms with Gasteiger partial charge in [-0.3, -0.25) is 4.90 Å². The summed E-state index contributed by atoms with van der Waals surface area (Å²) >= 11 is 0. The summed E-state index contributed by atoms with van der Waals surface area (Å²) in [7, 11) is 0. The third-order valence-electron chi connectivity index (χ3n) is 4.34.